The number of nitro benzene ring substituents is 1. The van der Waals surface area contributed by atoms with E-state index in [4.69, 9.17) is 4.74 Å². The molecule has 0 heterocycles. The molecule has 0 saturated carbocycles. The fourth-order valence-corrected chi connectivity index (χ4v) is 2.17. The summed E-state index contributed by atoms with van der Waals surface area (Å²) in [7, 11) is 0. The molecule has 7 heteroatoms. The second-order valence-corrected chi connectivity index (χ2v) is 4.77. The van der Waals surface area contributed by atoms with E-state index in [1.54, 1.807) is 0 Å². The summed E-state index contributed by atoms with van der Waals surface area (Å²) in [4.78, 5) is 10.2. The molecule has 110 valence electrons. The van der Waals surface area contributed by atoms with Gasteiger partial charge in [0.2, 0.25) is 0 Å². The van der Waals surface area contributed by atoms with Crippen molar-refractivity contribution in [1.29, 1.82) is 0 Å². The smallest absolute Gasteiger partial charge is 0.270 e. The van der Waals surface area contributed by atoms with Crippen LogP contribution in [0.2, 0.25) is 0 Å². The Morgan fingerprint density at radius 3 is 2.57 bits per heavy atom. The molecule has 0 aromatic heterocycles. The van der Waals surface area contributed by atoms with Crippen LogP contribution in [0.5, 0.6) is 5.75 Å². The molecule has 21 heavy (non-hydrogen) atoms. The van der Waals surface area contributed by atoms with Crippen molar-refractivity contribution in [3.63, 3.8) is 0 Å². The van der Waals surface area contributed by atoms with E-state index in [0.29, 0.717) is 16.6 Å². The van der Waals surface area contributed by atoms with E-state index in [2.05, 4.69) is 15.9 Å². The molecule has 4 nitrogen and oxygen atoms in total. The molecule has 0 aliphatic carbocycles. The average Bonchev–Trinajstić information content (AvgIpc) is 2.47. The van der Waals surface area contributed by atoms with Crippen molar-refractivity contribution < 1.29 is 18.4 Å². The van der Waals surface area contributed by atoms with Crippen LogP contribution in [0.15, 0.2) is 36.4 Å². The number of nitrogens with zero attached hydrogens (tertiary/aromatic N) is 1. The van der Waals surface area contributed by atoms with Crippen LogP contribution in [0.3, 0.4) is 0 Å². The van der Waals surface area contributed by atoms with Crippen LogP contribution in [-0.4, -0.2) is 4.92 Å². The molecule has 2 rings (SSSR count). The Morgan fingerprint density at radius 1 is 1.14 bits per heavy atom. The van der Waals surface area contributed by atoms with Crippen LogP contribution in [0.1, 0.15) is 11.1 Å². The summed E-state index contributed by atoms with van der Waals surface area (Å²) in [5, 5.41) is 11.0. The van der Waals surface area contributed by atoms with Crippen LogP contribution in [0, 0.1) is 21.7 Å². The minimum Gasteiger partial charge on any atom is -0.488 e. The summed E-state index contributed by atoms with van der Waals surface area (Å²) in [5.74, 6) is -0.751. The Hall–Kier alpha value is -2.02. The molecular weight excluding hydrogens is 348 g/mol. The topological polar surface area (TPSA) is 52.4 Å². The molecule has 2 aromatic rings. The first-order valence-electron chi connectivity index (χ1n) is 5.91. The SMILES string of the molecule is O=[N+]([O-])c1ccc(OCc2cc(F)ccc2F)c(CBr)c1. The lowest BCUT2D eigenvalue weighted by Crippen LogP contribution is -2.01. The van der Waals surface area contributed by atoms with E-state index in [1.807, 2.05) is 0 Å². The summed E-state index contributed by atoms with van der Waals surface area (Å²) in [6.07, 6.45) is 0. The van der Waals surface area contributed by atoms with E-state index < -0.39 is 16.6 Å². The zero-order valence-corrected chi connectivity index (χ0v) is 12.3. The largest absolute Gasteiger partial charge is 0.488 e. The van der Waals surface area contributed by atoms with E-state index in [1.165, 1.54) is 18.2 Å². The highest BCUT2D eigenvalue weighted by Crippen LogP contribution is 2.27. The van der Waals surface area contributed by atoms with Crippen molar-refractivity contribution in [3.8, 4) is 5.75 Å². The van der Waals surface area contributed by atoms with Gasteiger partial charge in [-0.3, -0.25) is 10.1 Å². The van der Waals surface area contributed by atoms with Gasteiger partial charge >= 0.3 is 0 Å². The number of rotatable bonds is 5. The molecule has 0 aliphatic heterocycles. The third-order valence-corrected chi connectivity index (χ3v) is 3.39. The molecule has 0 amide bonds. The summed E-state index contributed by atoms with van der Waals surface area (Å²) >= 11 is 3.21. The van der Waals surface area contributed by atoms with Crippen LogP contribution in [-0.2, 0) is 11.9 Å². The van der Waals surface area contributed by atoms with Crippen LogP contribution < -0.4 is 4.74 Å². The van der Waals surface area contributed by atoms with Gasteiger partial charge in [0.25, 0.3) is 5.69 Å². The van der Waals surface area contributed by atoms with E-state index in [9.17, 15) is 18.9 Å². The number of ether oxygens (including phenoxy) is 1. The molecule has 2 aromatic carbocycles. The monoisotopic (exact) mass is 357 g/mol. The fraction of sp³-hybridized carbons (Fsp3) is 0.143. The van der Waals surface area contributed by atoms with Gasteiger partial charge in [-0.2, -0.15) is 0 Å². The maximum Gasteiger partial charge on any atom is 0.270 e. The molecule has 0 bridgehead atoms. The van der Waals surface area contributed by atoms with Crippen LogP contribution >= 0.6 is 15.9 Å². The first-order chi connectivity index (χ1) is 10.0. The Bertz CT molecular complexity index is 679. The summed E-state index contributed by atoms with van der Waals surface area (Å²) < 4.78 is 32.0. The molecule has 0 N–H and O–H groups in total. The third kappa shape index (κ3) is 3.75. The maximum atomic E-state index is 13.5. The number of alkyl halides is 1. The Balaban J connectivity index is 2.19. The minimum absolute atomic E-state index is 0.0614. The van der Waals surface area contributed by atoms with Crippen molar-refractivity contribution in [2.45, 2.75) is 11.9 Å². The normalized spacial score (nSPS) is 10.4. The molecule has 0 unspecified atom stereocenters. The predicted octanol–water partition coefficient (Wildman–Crippen LogP) is 4.35. The average molecular weight is 358 g/mol. The molecule has 0 atom stereocenters. The molecule has 0 fully saturated rings. The summed E-state index contributed by atoms with van der Waals surface area (Å²) in [6.45, 7) is -0.165. The minimum atomic E-state index is -0.571. The zero-order valence-electron chi connectivity index (χ0n) is 10.7. The second kappa shape index (κ2) is 6.62. The number of hydrogen-bond acceptors (Lipinski definition) is 3. The van der Waals surface area contributed by atoms with Crippen molar-refractivity contribution in [1.82, 2.24) is 0 Å². The van der Waals surface area contributed by atoms with Crippen molar-refractivity contribution in [2.24, 2.45) is 0 Å². The van der Waals surface area contributed by atoms with Gasteiger partial charge in [0, 0.05) is 28.6 Å². The molecule has 0 spiro atoms. The van der Waals surface area contributed by atoms with E-state index >= 15 is 0 Å². The number of hydrogen-bond donors (Lipinski definition) is 0. The van der Waals surface area contributed by atoms with Gasteiger partial charge in [-0.15, -0.1) is 0 Å². The predicted molar refractivity (Wildman–Crippen MR) is 76.4 cm³/mol. The van der Waals surface area contributed by atoms with Gasteiger partial charge in [0.1, 0.15) is 24.0 Å². The Kier molecular flexibility index (Phi) is 4.85. The van der Waals surface area contributed by atoms with E-state index in [-0.39, 0.29) is 17.9 Å². The van der Waals surface area contributed by atoms with Crippen molar-refractivity contribution in [2.75, 3.05) is 0 Å². The van der Waals surface area contributed by atoms with Crippen LogP contribution in [0.25, 0.3) is 0 Å². The highest BCUT2D eigenvalue weighted by atomic mass is 79.9. The number of nitro groups is 1. The maximum absolute atomic E-state index is 13.5. The number of non-ortho nitro benzene ring substituents is 1. The second-order valence-electron chi connectivity index (χ2n) is 4.21. The van der Waals surface area contributed by atoms with Crippen molar-refractivity contribution in [3.05, 3.63) is 69.3 Å². The van der Waals surface area contributed by atoms with Gasteiger partial charge in [0.15, 0.2) is 0 Å². The third-order valence-electron chi connectivity index (χ3n) is 2.79. The van der Waals surface area contributed by atoms with Gasteiger partial charge in [-0.1, -0.05) is 15.9 Å². The number of halogens is 3. The molecule has 0 radical (unpaired) electrons. The van der Waals surface area contributed by atoms with E-state index in [0.717, 1.165) is 18.2 Å². The van der Waals surface area contributed by atoms with Crippen molar-refractivity contribution >= 4 is 21.6 Å². The quantitative estimate of drug-likeness (QED) is 0.454. The highest BCUT2D eigenvalue weighted by molar-refractivity contribution is 9.08. The Morgan fingerprint density at radius 2 is 1.90 bits per heavy atom. The molecule has 0 saturated heterocycles. The first-order valence-corrected chi connectivity index (χ1v) is 7.03. The molecule has 0 aliphatic rings. The fourth-order valence-electron chi connectivity index (χ4n) is 1.73. The van der Waals surface area contributed by atoms with Gasteiger partial charge in [0.05, 0.1) is 4.92 Å². The lowest BCUT2D eigenvalue weighted by Gasteiger charge is -2.10. The number of benzene rings is 2. The zero-order chi connectivity index (χ0) is 15.4. The molecular formula is C14H10BrF2NO3. The van der Waals surface area contributed by atoms with Gasteiger partial charge in [-0.05, 0) is 24.3 Å². The van der Waals surface area contributed by atoms with Crippen LogP contribution in [0.4, 0.5) is 14.5 Å². The van der Waals surface area contributed by atoms with Gasteiger partial charge in [-0.25, -0.2) is 8.78 Å². The standard InChI is InChI=1S/C14H10BrF2NO3/c15-7-9-6-12(18(19)20)2-4-14(9)21-8-10-5-11(16)1-3-13(10)17/h1-6H,7-8H2. The summed E-state index contributed by atoms with van der Waals surface area (Å²) in [5.41, 5.74) is 0.573. The lowest BCUT2D eigenvalue weighted by molar-refractivity contribution is -0.384. The lowest BCUT2D eigenvalue weighted by atomic mass is 10.2. The first kappa shape index (κ1) is 15.4. The van der Waals surface area contributed by atoms with Gasteiger partial charge < -0.3 is 4.74 Å². The Labute approximate surface area is 127 Å². The highest BCUT2D eigenvalue weighted by Gasteiger charge is 2.12. The summed E-state index contributed by atoms with van der Waals surface area (Å²) in [6, 6.07) is 7.19.